The van der Waals surface area contributed by atoms with Gasteiger partial charge in [0.15, 0.2) is 5.76 Å². The molecule has 1 N–H and O–H groups in total. The SMILES string of the molecule is CCOCCCNC(=O)C1CCCN(S(=O)(=O)c2c(C)noc2C)C1. The summed E-state index contributed by atoms with van der Waals surface area (Å²) in [5.74, 6) is -0.161. The summed E-state index contributed by atoms with van der Waals surface area (Å²) < 4.78 is 37.3. The highest BCUT2D eigenvalue weighted by Crippen LogP contribution is 2.27. The lowest BCUT2D eigenvalue weighted by Crippen LogP contribution is -2.45. The summed E-state index contributed by atoms with van der Waals surface area (Å²) in [4.78, 5) is 12.4. The molecule has 1 amide bonds. The van der Waals surface area contributed by atoms with Gasteiger partial charge in [0, 0.05) is 32.8 Å². The van der Waals surface area contributed by atoms with Crippen molar-refractivity contribution in [3.05, 3.63) is 11.5 Å². The maximum Gasteiger partial charge on any atom is 0.248 e. The Balaban J connectivity index is 1.97. The maximum absolute atomic E-state index is 12.9. The summed E-state index contributed by atoms with van der Waals surface area (Å²) in [5, 5.41) is 6.59. The average molecular weight is 373 g/mol. The van der Waals surface area contributed by atoms with Crippen LogP contribution in [0.5, 0.6) is 0 Å². The number of nitrogens with zero attached hydrogens (tertiary/aromatic N) is 2. The van der Waals surface area contributed by atoms with Crippen LogP contribution in [0.15, 0.2) is 9.42 Å². The number of ether oxygens (including phenoxy) is 1. The predicted octanol–water partition coefficient (Wildman–Crippen LogP) is 1.23. The van der Waals surface area contributed by atoms with E-state index in [4.69, 9.17) is 9.26 Å². The number of hydrogen-bond donors (Lipinski definition) is 1. The van der Waals surface area contributed by atoms with Crippen molar-refractivity contribution in [3.8, 4) is 0 Å². The van der Waals surface area contributed by atoms with Gasteiger partial charge in [-0.2, -0.15) is 4.31 Å². The number of piperidine rings is 1. The fourth-order valence-corrected chi connectivity index (χ4v) is 4.84. The van der Waals surface area contributed by atoms with E-state index in [0.29, 0.717) is 44.8 Å². The molecule has 2 rings (SSSR count). The Hall–Kier alpha value is -1.45. The van der Waals surface area contributed by atoms with Crippen molar-refractivity contribution in [1.29, 1.82) is 0 Å². The van der Waals surface area contributed by atoms with E-state index in [0.717, 1.165) is 6.42 Å². The first-order valence-electron chi connectivity index (χ1n) is 8.66. The van der Waals surface area contributed by atoms with E-state index in [1.807, 2.05) is 6.92 Å². The van der Waals surface area contributed by atoms with Crippen molar-refractivity contribution >= 4 is 15.9 Å². The molecule has 1 unspecified atom stereocenters. The van der Waals surface area contributed by atoms with E-state index in [9.17, 15) is 13.2 Å². The van der Waals surface area contributed by atoms with Gasteiger partial charge in [0.05, 0.1) is 5.92 Å². The van der Waals surface area contributed by atoms with Crippen LogP contribution in [0.4, 0.5) is 0 Å². The second-order valence-corrected chi connectivity index (χ2v) is 8.07. The lowest BCUT2D eigenvalue weighted by atomic mass is 9.99. The predicted molar refractivity (Wildman–Crippen MR) is 91.6 cm³/mol. The number of carbonyl (C=O) groups is 1. The smallest absolute Gasteiger partial charge is 0.248 e. The van der Waals surface area contributed by atoms with Crippen LogP contribution in [0.3, 0.4) is 0 Å². The van der Waals surface area contributed by atoms with Crippen molar-refractivity contribution in [2.24, 2.45) is 5.92 Å². The molecule has 1 aromatic heterocycles. The first-order valence-corrected chi connectivity index (χ1v) is 10.1. The zero-order valence-electron chi connectivity index (χ0n) is 15.1. The molecule has 142 valence electrons. The second-order valence-electron chi connectivity index (χ2n) is 6.20. The van der Waals surface area contributed by atoms with Gasteiger partial charge in [-0.15, -0.1) is 0 Å². The van der Waals surface area contributed by atoms with Crippen molar-refractivity contribution in [2.75, 3.05) is 32.8 Å². The molecule has 2 heterocycles. The Morgan fingerprint density at radius 2 is 2.20 bits per heavy atom. The Bertz CT molecular complexity index is 666. The first kappa shape index (κ1) is 19.9. The minimum absolute atomic E-state index is 0.102. The molecule has 0 aromatic carbocycles. The van der Waals surface area contributed by atoms with Crippen molar-refractivity contribution in [1.82, 2.24) is 14.8 Å². The molecule has 1 saturated heterocycles. The molecule has 0 bridgehead atoms. The van der Waals surface area contributed by atoms with Crippen LogP contribution in [0.25, 0.3) is 0 Å². The van der Waals surface area contributed by atoms with Gasteiger partial charge in [0.1, 0.15) is 10.6 Å². The molecule has 0 spiro atoms. The van der Waals surface area contributed by atoms with Crippen LogP contribution in [0.1, 0.15) is 37.6 Å². The molecule has 1 aliphatic rings. The van der Waals surface area contributed by atoms with E-state index in [-0.39, 0.29) is 29.0 Å². The molecule has 25 heavy (non-hydrogen) atoms. The van der Waals surface area contributed by atoms with E-state index in [2.05, 4.69) is 10.5 Å². The Morgan fingerprint density at radius 1 is 1.44 bits per heavy atom. The number of nitrogens with one attached hydrogen (secondary N) is 1. The number of amides is 1. The van der Waals surface area contributed by atoms with Crippen molar-refractivity contribution in [3.63, 3.8) is 0 Å². The zero-order chi connectivity index (χ0) is 18.4. The zero-order valence-corrected chi connectivity index (χ0v) is 15.9. The maximum atomic E-state index is 12.9. The highest BCUT2D eigenvalue weighted by molar-refractivity contribution is 7.89. The van der Waals surface area contributed by atoms with Crippen molar-refractivity contribution < 1.29 is 22.5 Å². The second kappa shape index (κ2) is 8.77. The van der Waals surface area contributed by atoms with Gasteiger partial charge < -0.3 is 14.6 Å². The van der Waals surface area contributed by atoms with Gasteiger partial charge in [-0.3, -0.25) is 4.79 Å². The quantitative estimate of drug-likeness (QED) is 0.688. The third-order valence-corrected chi connectivity index (χ3v) is 6.40. The Labute approximate surface area is 148 Å². The van der Waals surface area contributed by atoms with E-state index in [1.54, 1.807) is 13.8 Å². The van der Waals surface area contributed by atoms with Gasteiger partial charge in [0.2, 0.25) is 15.9 Å². The van der Waals surface area contributed by atoms with Gasteiger partial charge in [-0.25, -0.2) is 8.42 Å². The highest BCUT2D eigenvalue weighted by Gasteiger charge is 2.36. The number of carbonyl (C=O) groups excluding carboxylic acids is 1. The number of hydrogen-bond acceptors (Lipinski definition) is 6. The average Bonchev–Trinajstić information content (AvgIpc) is 2.94. The van der Waals surface area contributed by atoms with Crippen molar-refractivity contribution in [2.45, 2.75) is 44.9 Å². The number of rotatable bonds is 8. The fourth-order valence-electron chi connectivity index (χ4n) is 3.02. The largest absolute Gasteiger partial charge is 0.382 e. The van der Waals surface area contributed by atoms with Crippen LogP contribution in [-0.4, -0.2) is 56.6 Å². The van der Waals surface area contributed by atoms with Gasteiger partial charge >= 0.3 is 0 Å². The topological polar surface area (TPSA) is 102 Å². The number of sulfonamides is 1. The summed E-state index contributed by atoms with van der Waals surface area (Å²) in [6, 6.07) is 0. The highest BCUT2D eigenvalue weighted by atomic mass is 32.2. The molecule has 1 fully saturated rings. The summed E-state index contributed by atoms with van der Waals surface area (Å²) in [6.45, 7) is 7.50. The summed E-state index contributed by atoms with van der Waals surface area (Å²) >= 11 is 0. The number of aryl methyl sites for hydroxylation is 2. The van der Waals surface area contributed by atoms with Crippen LogP contribution < -0.4 is 5.32 Å². The van der Waals surface area contributed by atoms with Crippen LogP contribution >= 0.6 is 0 Å². The third-order valence-electron chi connectivity index (χ3n) is 4.29. The van der Waals surface area contributed by atoms with E-state index in [1.165, 1.54) is 4.31 Å². The molecule has 1 aliphatic heterocycles. The monoisotopic (exact) mass is 373 g/mol. The molecular formula is C16H27N3O5S. The third kappa shape index (κ3) is 4.80. The molecule has 0 saturated carbocycles. The summed E-state index contributed by atoms with van der Waals surface area (Å²) in [7, 11) is -3.70. The van der Waals surface area contributed by atoms with E-state index >= 15 is 0 Å². The van der Waals surface area contributed by atoms with Crippen LogP contribution in [-0.2, 0) is 19.6 Å². The van der Waals surface area contributed by atoms with Crippen LogP contribution in [0.2, 0.25) is 0 Å². The van der Waals surface area contributed by atoms with Crippen LogP contribution in [0, 0.1) is 19.8 Å². The normalized spacial score (nSPS) is 19.1. The summed E-state index contributed by atoms with van der Waals surface area (Å²) in [6.07, 6.45) is 2.08. The lowest BCUT2D eigenvalue weighted by molar-refractivity contribution is -0.126. The minimum atomic E-state index is -3.70. The standard InChI is InChI=1S/C16H27N3O5S/c1-4-23-10-6-8-17-16(20)14-7-5-9-19(11-14)25(21,22)15-12(2)18-24-13(15)3/h14H,4-11H2,1-3H3,(H,17,20). The molecule has 1 atom stereocenters. The van der Waals surface area contributed by atoms with E-state index < -0.39 is 10.0 Å². The molecule has 1 aromatic rings. The van der Waals surface area contributed by atoms with Gasteiger partial charge in [-0.05, 0) is 40.0 Å². The molecule has 0 radical (unpaired) electrons. The Kier molecular flexibility index (Phi) is 6.97. The summed E-state index contributed by atoms with van der Waals surface area (Å²) in [5.41, 5.74) is 0.347. The number of aromatic nitrogens is 1. The minimum Gasteiger partial charge on any atom is -0.382 e. The molecule has 0 aliphatic carbocycles. The molecule has 9 heteroatoms. The Morgan fingerprint density at radius 3 is 2.84 bits per heavy atom. The van der Waals surface area contributed by atoms with Gasteiger partial charge in [-0.1, -0.05) is 5.16 Å². The van der Waals surface area contributed by atoms with Gasteiger partial charge in [0.25, 0.3) is 0 Å². The molecular weight excluding hydrogens is 346 g/mol. The first-order chi connectivity index (χ1) is 11.9. The lowest BCUT2D eigenvalue weighted by Gasteiger charge is -2.31. The fraction of sp³-hybridized carbons (Fsp3) is 0.750. The molecule has 8 nitrogen and oxygen atoms in total.